The molecule has 0 unspecified atom stereocenters. The number of para-hydroxylation sites is 1. The van der Waals surface area contributed by atoms with Crippen molar-refractivity contribution >= 4 is 22.6 Å². The number of nitrogen functional groups attached to an aromatic ring is 1. The topological polar surface area (TPSA) is 130 Å². The zero-order valence-corrected chi connectivity index (χ0v) is 18.6. The van der Waals surface area contributed by atoms with Gasteiger partial charge in [0.15, 0.2) is 5.78 Å². The first-order valence-electron chi connectivity index (χ1n) is 12.6. The molecule has 9 nitrogen and oxygen atoms in total. The molecule has 5 rings (SSSR count). The third-order valence-corrected chi connectivity index (χ3v) is 5.06. The van der Waals surface area contributed by atoms with Gasteiger partial charge in [-0.15, -0.1) is 0 Å². The molecular weight excluding hydrogens is 444 g/mol. The first kappa shape index (κ1) is 17.8. The van der Waals surface area contributed by atoms with Gasteiger partial charge in [0, 0.05) is 47.4 Å². The summed E-state index contributed by atoms with van der Waals surface area (Å²) in [6.45, 7) is 0. The van der Waals surface area contributed by atoms with Gasteiger partial charge in [-0.2, -0.15) is 0 Å². The van der Waals surface area contributed by atoms with Crippen LogP contribution in [0.15, 0.2) is 71.7 Å². The van der Waals surface area contributed by atoms with Crippen molar-refractivity contribution in [1.29, 1.82) is 0 Å². The monoisotopic (exact) mass is 470 g/mol. The molecule has 0 spiro atoms. The SMILES string of the molecule is [2H]C([2H])(CC(=O)c1nc(N)nc2c(OC)cccc12)c1cccc(C([2H])([2H])c2cncc(-c3ncco3)c2)n1. The number of nitrogens with two attached hydrogens (primary N) is 1. The summed E-state index contributed by atoms with van der Waals surface area (Å²) < 4.78 is 45.4. The van der Waals surface area contributed by atoms with Gasteiger partial charge in [-0.05, 0) is 36.2 Å². The number of carbonyl (C=O) groups is 1. The van der Waals surface area contributed by atoms with Crippen LogP contribution in [0.2, 0.25) is 0 Å². The Bertz CT molecular complexity index is 1680. The number of Topliss-reactive ketones (excluding diaryl/α,β-unsaturated/α-hetero) is 1. The van der Waals surface area contributed by atoms with E-state index in [4.69, 9.17) is 20.4 Å². The van der Waals surface area contributed by atoms with Crippen LogP contribution in [0.1, 0.15) is 39.3 Å². The fourth-order valence-electron chi connectivity index (χ4n) is 3.52. The Labute approximate surface area is 206 Å². The molecule has 0 radical (unpaired) electrons. The van der Waals surface area contributed by atoms with Crippen LogP contribution >= 0.6 is 0 Å². The smallest absolute Gasteiger partial charge is 0.227 e. The minimum Gasteiger partial charge on any atom is -0.494 e. The summed E-state index contributed by atoms with van der Waals surface area (Å²) in [5.41, 5.74) is 6.62. The van der Waals surface area contributed by atoms with Crippen LogP contribution in [0.25, 0.3) is 22.4 Å². The van der Waals surface area contributed by atoms with E-state index in [0.29, 0.717) is 22.2 Å². The number of hydrogen-bond donors (Lipinski definition) is 1. The molecule has 0 aliphatic heterocycles. The lowest BCUT2D eigenvalue weighted by Crippen LogP contribution is -2.09. The molecule has 5 aromatic rings. The van der Waals surface area contributed by atoms with Crippen LogP contribution in [0.4, 0.5) is 5.95 Å². The minimum atomic E-state index is -2.26. The zero-order chi connectivity index (χ0) is 27.8. The normalized spacial score (nSPS) is 13.5. The van der Waals surface area contributed by atoms with E-state index in [1.807, 2.05) is 0 Å². The number of anilines is 1. The average Bonchev–Trinajstić information content (AvgIpc) is 3.47. The Morgan fingerprint density at radius 2 is 1.97 bits per heavy atom. The van der Waals surface area contributed by atoms with E-state index in [-0.39, 0.29) is 34.5 Å². The average molecular weight is 471 g/mol. The number of ketones is 1. The molecule has 0 fully saturated rings. The number of fused-ring (bicyclic) bond motifs is 1. The maximum absolute atomic E-state index is 13.3. The van der Waals surface area contributed by atoms with Crippen LogP contribution in [0.5, 0.6) is 5.75 Å². The minimum absolute atomic E-state index is 0.0406. The molecule has 0 bridgehead atoms. The van der Waals surface area contributed by atoms with Crippen molar-refractivity contribution in [1.82, 2.24) is 24.9 Å². The third kappa shape index (κ3) is 4.84. The summed E-state index contributed by atoms with van der Waals surface area (Å²) in [5.74, 6) is -0.0842. The van der Waals surface area contributed by atoms with Crippen LogP contribution < -0.4 is 10.5 Å². The highest BCUT2D eigenvalue weighted by Gasteiger charge is 2.17. The van der Waals surface area contributed by atoms with E-state index >= 15 is 0 Å². The number of benzene rings is 1. The molecule has 1 aromatic carbocycles. The van der Waals surface area contributed by atoms with Crippen LogP contribution in [-0.4, -0.2) is 37.8 Å². The fourth-order valence-corrected chi connectivity index (χ4v) is 3.52. The summed E-state index contributed by atoms with van der Waals surface area (Å²) in [7, 11) is 1.46. The molecule has 4 aromatic heterocycles. The molecule has 0 aliphatic carbocycles. The summed E-state index contributed by atoms with van der Waals surface area (Å²) in [4.78, 5) is 34.0. The Kier molecular flexibility index (Phi) is 4.91. The second kappa shape index (κ2) is 9.68. The Hall–Kier alpha value is -4.66. The molecule has 0 amide bonds. The number of nitrogens with zero attached hydrogens (tertiary/aromatic N) is 5. The van der Waals surface area contributed by atoms with Gasteiger partial charge < -0.3 is 14.9 Å². The van der Waals surface area contributed by atoms with Crippen LogP contribution in [-0.2, 0) is 12.7 Å². The lowest BCUT2D eigenvalue weighted by atomic mass is 10.0. The third-order valence-electron chi connectivity index (χ3n) is 5.06. The maximum Gasteiger partial charge on any atom is 0.227 e. The number of aryl methyl sites for hydroxylation is 1. The predicted octanol–water partition coefficient (Wildman–Crippen LogP) is 4.07. The van der Waals surface area contributed by atoms with Crippen molar-refractivity contribution in [3.63, 3.8) is 0 Å². The standard InChI is InChI=1S/C26H22N6O3/c1-34-22-7-3-6-20-23(31-26(27)32-24(20)22)21(33)9-8-18-4-2-5-19(30-18)13-16-12-17(15-28-14-16)25-29-10-11-35-25/h2-7,10-12,14-15H,8-9,13H2,1H3,(H2,27,31,32)/i8D2,13D2. The lowest BCUT2D eigenvalue weighted by Gasteiger charge is -2.09. The van der Waals surface area contributed by atoms with E-state index < -0.39 is 24.9 Å². The van der Waals surface area contributed by atoms with E-state index in [1.54, 1.807) is 24.3 Å². The first-order valence-corrected chi connectivity index (χ1v) is 10.6. The molecule has 174 valence electrons. The number of aromatic nitrogens is 5. The predicted molar refractivity (Wildman–Crippen MR) is 130 cm³/mol. The first-order chi connectivity index (χ1) is 18.6. The number of hydrogen-bond acceptors (Lipinski definition) is 9. The highest BCUT2D eigenvalue weighted by Crippen LogP contribution is 2.27. The summed E-state index contributed by atoms with van der Waals surface area (Å²) >= 11 is 0. The second-order valence-corrected chi connectivity index (χ2v) is 7.40. The molecule has 0 aliphatic rings. The van der Waals surface area contributed by atoms with Crippen molar-refractivity contribution in [2.45, 2.75) is 19.2 Å². The van der Waals surface area contributed by atoms with E-state index in [0.717, 1.165) is 0 Å². The van der Waals surface area contributed by atoms with Crippen molar-refractivity contribution < 1.29 is 19.4 Å². The Morgan fingerprint density at radius 1 is 1.11 bits per heavy atom. The van der Waals surface area contributed by atoms with Crippen molar-refractivity contribution in [3.05, 3.63) is 90.0 Å². The van der Waals surface area contributed by atoms with Gasteiger partial charge in [0.05, 0.1) is 18.9 Å². The van der Waals surface area contributed by atoms with Gasteiger partial charge in [0.25, 0.3) is 0 Å². The highest BCUT2D eigenvalue weighted by molar-refractivity contribution is 6.07. The maximum atomic E-state index is 13.3. The quantitative estimate of drug-likeness (QED) is 0.333. The molecule has 0 atom stereocenters. The molecule has 35 heavy (non-hydrogen) atoms. The number of pyridine rings is 2. The number of carbonyl (C=O) groups excluding carboxylic acids is 1. The Morgan fingerprint density at radius 3 is 2.80 bits per heavy atom. The zero-order valence-electron chi connectivity index (χ0n) is 22.6. The molecule has 2 N–H and O–H groups in total. The van der Waals surface area contributed by atoms with Gasteiger partial charge >= 0.3 is 0 Å². The highest BCUT2D eigenvalue weighted by atomic mass is 16.5. The Balaban J connectivity index is 1.46. The van der Waals surface area contributed by atoms with Gasteiger partial charge in [-0.1, -0.05) is 18.2 Å². The number of oxazole rings is 1. The fraction of sp³-hybridized carbons (Fsp3) is 0.154. The van der Waals surface area contributed by atoms with Crippen LogP contribution in [0, 0.1) is 0 Å². The van der Waals surface area contributed by atoms with E-state index in [9.17, 15) is 4.79 Å². The van der Waals surface area contributed by atoms with Crippen LogP contribution in [0.3, 0.4) is 0 Å². The summed E-state index contributed by atoms with van der Waals surface area (Å²) in [5, 5.41) is 0.376. The molecule has 9 heteroatoms. The van der Waals surface area contributed by atoms with Crippen molar-refractivity contribution in [2.75, 3.05) is 12.8 Å². The van der Waals surface area contributed by atoms with Crippen molar-refractivity contribution in [3.8, 4) is 17.2 Å². The number of methoxy groups -OCH3 is 1. The number of rotatable bonds is 8. The summed E-state index contributed by atoms with van der Waals surface area (Å²) in [6, 6.07) is 10.9. The van der Waals surface area contributed by atoms with Gasteiger partial charge in [0.1, 0.15) is 23.2 Å². The number of ether oxygens (including phenoxy) is 1. The van der Waals surface area contributed by atoms with E-state index in [1.165, 1.54) is 50.2 Å². The van der Waals surface area contributed by atoms with Crippen molar-refractivity contribution in [2.24, 2.45) is 0 Å². The van der Waals surface area contributed by atoms with E-state index in [2.05, 4.69) is 24.9 Å². The van der Waals surface area contributed by atoms with Gasteiger partial charge in [-0.25, -0.2) is 15.0 Å². The molecule has 4 heterocycles. The molecule has 0 saturated heterocycles. The largest absolute Gasteiger partial charge is 0.494 e. The van der Waals surface area contributed by atoms with Gasteiger partial charge in [-0.3, -0.25) is 14.8 Å². The lowest BCUT2D eigenvalue weighted by molar-refractivity contribution is 0.0979. The molecular formula is C26H22N6O3. The summed E-state index contributed by atoms with van der Waals surface area (Å²) in [6.07, 6.45) is 0.721. The van der Waals surface area contributed by atoms with Gasteiger partial charge in [0.2, 0.25) is 11.8 Å². The molecule has 0 saturated carbocycles. The second-order valence-electron chi connectivity index (χ2n) is 7.40.